The highest BCUT2D eigenvalue weighted by Crippen LogP contribution is 2.35. The zero-order valence-corrected chi connectivity index (χ0v) is 13.3. The quantitative estimate of drug-likeness (QED) is 0.274. The predicted molar refractivity (Wildman–Crippen MR) is 84.7 cm³/mol. The van der Waals surface area contributed by atoms with Crippen LogP contribution in [0.1, 0.15) is 31.2 Å². The van der Waals surface area contributed by atoms with E-state index < -0.39 is 11.9 Å². The van der Waals surface area contributed by atoms with Gasteiger partial charge in [-0.05, 0) is 36.9 Å². The number of ether oxygens (including phenoxy) is 2. The molecule has 0 aliphatic carbocycles. The smallest absolute Gasteiger partial charge is 0.303 e. The maximum atomic E-state index is 10.5. The molecule has 130 valence electrons. The number of carbonyl (C=O) groups is 2. The second-order valence-corrected chi connectivity index (χ2v) is 4.97. The van der Waals surface area contributed by atoms with Crippen LogP contribution in [0.5, 0.6) is 11.5 Å². The average Bonchev–Trinajstić information content (AvgIpc) is 2.50. The lowest BCUT2D eigenvalue weighted by Crippen LogP contribution is -2.04. The third-order valence-corrected chi connectivity index (χ3v) is 2.99. The molecule has 0 heterocycles. The highest BCUT2D eigenvalue weighted by molar-refractivity contribution is 5.67. The summed E-state index contributed by atoms with van der Waals surface area (Å²) in [5, 5.41) is 20.8. The van der Waals surface area contributed by atoms with E-state index >= 15 is 0 Å². The van der Waals surface area contributed by atoms with Gasteiger partial charge in [-0.3, -0.25) is 9.59 Å². The molecule has 1 aromatic rings. The summed E-state index contributed by atoms with van der Waals surface area (Å²) in [6, 6.07) is 3.15. The Morgan fingerprint density at radius 3 is 2.12 bits per heavy atom. The minimum absolute atomic E-state index is 0.00834. The normalized spacial score (nSPS) is 9.88. The lowest BCUT2D eigenvalue weighted by molar-refractivity contribution is -0.138. The number of hydrogen-bond acceptors (Lipinski definition) is 5. The SMILES string of the molecule is Cc1cc(N=[N+]=[N-])c(OCCCC(=O)O)cc1OCCCC(=O)O. The van der Waals surface area contributed by atoms with Crippen LogP contribution < -0.4 is 9.47 Å². The van der Waals surface area contributed by atoms with Gasteiger partial charge in [-0.25, -0.2) is 0 Å². The van der Waals surface area contributed by atoms with Crippen LogP contribution in [-0.2, 0) is 9.59 Å². The third-order valence-electron chi connectivity index (χ3n) is 2.99. The van der Waals surface area contributed by atoms with E-state index in [4.69, 9.17) is 25.2 Å². The van der Waals surface area contributed by atoms with Gasteiger partial charge in [-0.15, -0.1) is 0 Å². The second-order valence-electron chi connectivity index (χ2n) is 4.97. The van der Waals surface area contributed by atoms with Gasteiger partial charge in [0.05, 0.1) is 18.9 Å². The zero-order valence-electron chi connectivity index (χ0n) is 13.3. The number of carboxylic acids is 2. The maximum absolute atomic E-state index is 10.5. The number of benzene rings is 1. The Morgan fingerprint density at radius 2 is 1.62 bits per heavy atom. The summed E-state index contributed by atoms with van der Waals surface area (Å²) in [5.41, 5.74) is 9.61. The van der Waals surface area contributed by atoms with Crippen molar-refractivity contribution in [2.24, 2.45) is 5.11 Å². The third kappa shape index (κ3) is 6.89. The number of carboxylic acid groups (broad SMARTS) is 2. The summed E-state index contributed by atoms with van der Waals surface area (Å²) < 4.78 is 11.0. The van der Waals surface area contributed by atoms with Crippen LogP contribution in [0.25, 0.3) is 10.4 Å². The monoisotopic (exact) mass is 337 g/mol. The Labute approximate surface area is 138 Å². The van der Waals surface area contributed by atoms with E-state index in [1.807, 2.05) is 0 Å². The van der Waals surface area contributed by atoms with E-state index in [9.17, 15) is 9.59 Å². The summed E-state index contributed by atoms with van der Waals surface area (Å²) in [4.78, 5) is 23.7. The number of rotatable bonds is 11. The topological polar surface area (TPSA) is 142 Å². The highest BCUT2D eigenvalue weighted by atomic mass is 16.5. The molecule has 0 saturated carbocycles. The first-order valence-electron chi connectivity index (χ1n) is 7.33. The first-order chi connectivity index (χ1) is 11.4. The van der Waals surface area contributed by atoms with Crippen LogP contribution in [0.4, 0.5) is 5.69 Å². The Kier molecular flexibility index (Phi) is 7.93. The van der Waals surface area contributed by atoms with Gasteiger partial charge < -0.3 is 19.7 Å². The van der Waals surface area contributed by atoms with Crippen LogP contribution in [0.3, 0.4) is 0 Å². The molecule has 1 aromatic carbocycles. The van der Waals surface area contributed by atoms with Gasteiger partial charge in [-0.2, -0.15) is 0 Å². The van der Waals surface area contributed by atoms with Gasteiger partial charge in [0.25, 0.3) is 0 Å². The molecule has 0 spiro atoms. The van der Waals surface area contributed by atoms with Gasteiger partial charge in [0.1, 0.15) is 11.5 Å². The zero-order chi connectivity index (χ0) is 17.9. The van der Waals surface area contributed by atoms with Gasteiger partial charge in [0.15, 0.2) is 0 Å². The molecule has 0 radical (unpaired) electrons. The molecule has 1 rings (SSSR count). The van der Waals surface area contributed by atoms with Gasteiger partial charge in [0.2, 0.25) is 0 Å². The van der Waals surface area contributed by atoms with E-state index in [-0.39, 0.29) is 37.5 Å². The number of nitrogens with zero attached hydrogens (tertiary/aromatic N) is 3. The fourth-order valence-electron chi connectivity index (χ4n) is 1.86. The lowest BCUT2D eigenvalue weighted by Gasteiger charge is -2.14. The summed E-state index contributed by atoms with van der Waals surface area (Å²) in [6.07, 6.45) is 0.658. The van der Waals surface area contributed by atoms with Crippen molar-refractivity contribution >= 4 is 17.6 Å². The molecule has 0 amide bonds. The largest absolute Gasteiger partial charge is 0.493 e. The van der Waals surface area contributed by atoms with E-state index in [0.29, 0.717) is 24.2 Å². The summed E-state index contributed by atoms with van der Waals surface area (Å²) >= 11 is 0. The number of aryl methyl sites for hydroxylation is 1. The Bertz CT molecular complexity index is 640. The van der Waals surface area contributed by atoms with Crippen LogP contribution >= 0.6 is 0 Å². The molecule has 0 aliphatic heterocycles. The molecular formula is C15H19N3O6. The van der Waals surface area contributed by atoms with Crippen molar-refractivity contribution in [3.05, 3.63) is 28.1 Å². The molecule has 0 aromatic heterocycles. The molecule has 2 N–H and O–H groups in total. The molecule has 0 atom stereocenters. The van der Waals surface area contributed by atoms with Crippen LogP contribution in [-0.4, -0.2) is 35.4 Å². The first-order valence-corrected chi connectivity index (χ1v) is 7.33. The molecule has 0 saturated heterocycles. The Hall–Kier alpha value is -2.93. The van der Waals surface area contributed by atoms with Crippen molar-refractivity contribution in [2.45, 2.75) is 32.6 Å². The summed E-state index contributed by atoms with van der Waals surface area (Å²) in [7, 11) is 0. The standard InChI is InChI=1S/C15H19N3O6/c1-10-8-11(17-18-16)13(24-7-3-5-15(21)22)9-12(10)23-6-2-4-14(19)20/h8-9H,2-7H2,1H3,(H,19,20)(H,21,22). The average molecular weight is 337 g/mol. The molecule has 0 bridgehead atoms. The van der Waals surface area contributed by atoms with E-state index in [2.05, 4.69) is 10.0 Å². The van der Waals surface area contributed by atoms with Crippen molar-refractivity contribution in [3.8, 4) is 11.5 Å². The maximum Gasteiger partial charge on any atom is 0.303 e. The molecule has 9 heteroatoms. The van der Waals surface area contributed by atoms with Crippen molar-refractivity contribution in [1.29, 1.82) is 0 Å². The molecule has 0 aliphatic rings. The van der Waals surface area contributed by atoms with Crippen molar-refractivity contribution in [3.63, 3.8) is 0 Å². The summed E-state index contributed by atoms with van der Waals surface area (Å²) in [6.45, 7) is 2.14. The van der Waals surface area contributed by atoms with Crippen LogP contribution in [0, 0.1) is 6.92 Å². The van der Waals surface area contributed by atoms with E-state index in [0.717, 1.165) is 0 Å². The van der Waals surface area contributed by atoms with E-state index in [1.54, 1.807) is 19.1 Å². The first kappa shape index (κ1) is 19.1. The Morgan fingerprint density at radius 1 is 1.08 bits per heavy atom. The highest BCUT2D eigenvalue weighted by Gasteiger charge is 2.10. The molecule has 24 heavy (non-hydrogen) atoms. The predicted octanol–water partition coefficient (Wildman–Crippen LogP) is 3.42. The number of hydrogen-bond donors (Lipinski definition) is 2. The van der Waals surface area contributed by atoms with Crippen molar-refractivity contribution in [1.82, 2.24) is 0 Å². The van der Waals surface area contributed by atoms with Crippen molar-refractivity contribution in [2.75, 3.05) is 13.2 Å². The molecule has 9 nitrogen and oxygen atoms in total. The minimum atomic E-state index is -0.916. The van der Waals surface area contributed by atoms with Crippen LogP contribution in [0.2, 0.25) is 0 Å². The number of azide groups is 1. The molecule has 0 fully saturated rings. The molecular weight excluding hydrogens is 318 g/mol. The van der Waals surface area contributed by atoms with Crippen molar-refractivity contribution < 1.29 is 29.3 Å². The fourth-order valence-corrected chi connectivity index (χ4v) is 1.86. The summed E-state index contributed by atoms with van der Waals surface area (Å²) in [5.74, 6) is -1.03. The minimum Gasteiger partial charge on any atom is -0.493 e. The number of aliphatic carboxylic acids is 2. The molecule has 0 unspecified atom stereocenters. The second kappa shape index (κ2) is 9.96. The fraction of sp³-hybridized carbons (Fsp3) is 0.467. The Balaban J connectivity index is 2.77. The van der Waals surface area contributed by atoms with Gasteiger partial charge >= 0.3 is 11.9 Å². The van der Waals surface area contributed by atoms with Gasteiger partial charge in [-0.1, -0.05) is 5.11 Å². The van der Waals surface area contributed by atoms with Crippen LogP contribution in [0.15, 0.2) is 17.2 Å². The van der Waals surface area contributed by atoms with E-state index in [1.165, 1.54) is 0 Å². The van der Waals surface area contributed by atoms with Gasteiger partial charge in [0, 0.05) is 23.8 Å². The lowest BCUT2D eigenvalue weighted by atomic mass is 10.2.